The molecule has 5 nitrogen and oxygen atoms in total. The lowest BCUT2D eigenvalue weighted by molar-refractivity contribution is -0.116. The minimum Gasteiger partial charge on any atom is -0.312 e. The third-order valence-electron chi connectivity index (χ3n) is 4.98. The van der Waals surface area contributed by atoms with Crippen LogP contribution in [-0.2, 0) is 21.2 Å². The van der Waals surface area contributed by atoms with Crippen LogP contribution in [0.25, 0.3) is 0 Å². The van der Waals surface area contributed by atoms with Gasteiger partial charge in [-0.3, -0.25) is 4.79 Å². The molecule has 1 amide bonds. The molecule has 0 fully saturated rings. The Hall–Kier alpha value is -2.32. The third kappa shape index (κ3) is 3.46. The van der Waals surface area contributed by atoms with Crippen LogP contribution in [0.1, 0.15) is 31.0 Å². The molecular formula is C19H20F2N2O3S. The lowest BCUT2D eigenvalue weighted by Crippen LogP contribution is -2.30. The quantitative estimate of drug-likeness (QED) is 0.800. The van der Waals surface area contributed by atoms with E-state index < -0.39 is 27.7 Å². The topological polar surface area (TPSA) is 57.7 Å². The number of sulfonamides is 1. The van der Waals surface area contributed by atoms with E-state index >= 15 is 0 Å². The SMILES string of the molecule is CC(=O)N1CCc2cc(S(=O)(=O)N(C)C(C)c3ccc(F)c(F)c3)ccc21. The van der Waals surface area contributed by atoms with Gasteiger partial charge in [-0.1, -0.05) is 6.07 Å². The van der Waals surface area contributed by atoms with Crippen molar-refractivity contribution in [2.75, 3.05) is 18.5 Å². The van der Waals surface area contributed by atoms with Gasteiger partial charge in [0.05, 0.1) is 4.90 Å². The Bertz CT molecular complexity index is 1010. The Labute approximate surface area is 157 Å². The first-order valence-electron chi connectivity index (χ1n) is 8.47. The highest BCUT2D eigenvalue weighted by atomic mass is 32.2. The first kappa shape index (κ1) is 19.4. The second-order valence-electron chi connectivity index (χ2n) is 6.58. The highest BCUT2D eigenvalue weighted by molar-refractivity contribution is 7.89. The molecule has 1 unspecified atom stereocenters. The zero-order chi connectivity index (χ0) is 19.9. The van der Waals surface area contributed by atoms with Crippen molar-refractivity contribution in [3.63, 3.8) is 0 Å². The summed E-state index contributed by atoms with van der Waals surface area (Å²) in [5.41, 5.74) is 1.86. The zero-order valence-corrected chi connectivity index (χ0v) is 16.1. The molecule has 1 aliphatic rings. The third-order valence-corrected chi connectivity index (χ3v) is 6.90. The van der Waals surface area contributed by atoms with Crippen LogP contribution in [0, 0.1) is 11.6 Å². The number of hydrogen-bond donors (Lipinski definition) is 0. The van der Waals surface area contributed by atoms with Crippen molar-refractivity contribution in [2.24, 2.45) is 0 Å². The first-order chi connectivity index (χ1) is 12.6. The van der Waals surface area contributed by atoms with E-state index in [-0.39, 0.29) is 10.8 Å². The Morgan fingerprint density at radius 1 is 1.15 bits per heavy atom. The van der Waals surface area contributed by atoms with Gasteiger partial charge in [0.25, 0.3) is 0 Å². The predicted molar refractivity (Wildman–Crippen MR) is 97.9 cm³/mol. The molecule has 3 rings (SSSR count). The van der Waals surface area contributed by atoms with E-state index in [1.54, 1.807) is 24.0 Å². The van der Waals surface area contributed by atoms with Crippen molar-refractivity contribution in [2.45, 2.75) is 31.2 Å². The number of carbonyl (C=O) groups excluding carboxylic acids is 1. The maximum Gasteiger partial charge on any atom is 0.243 e. The number of anilines is 1. The summed E-state index contributed by atoms with van der Waals surface area (Å²) in [6, 6.07) is 7.32. The van der Waals surface area contributed by atoms with Crippen LogP contribution in [0.2, 0.25) is 0 Å². The van der Waals surface area contributed by atoms with Crippen LogP contribution in [0.5, 0.6) is 0 Å². The highest BCUT2D eigenvalue weighted by Gasteiger charge is 2.29. The van der Waals surface area contributed by atoms with E-state index in [9.17, 15) is 22.0 Å². The van der Waals surface area contributed by atoms with Gasteiger partial charge in [0.1, 0.15) is 0 Å². The van der Waals surface area contributed by atoms with Gasteiger partial charge in [-0.2, -0.15) is 4.31 Å². The van der Waals surface area contributed by atoms with Crippen molar-refractivity contribution >= 4 is 21.6 Å². The van der Waals surface area contributed by atoms with E-state index in [2.05, 4.69) is 0 Å². The van der Waals surface area contributed by atoms with Gasteiger partial charge in [0, 0.05) is 32.2 Å². The Kier molecular flexibility index (Phi) is 5.05. The highest BCUT2D eigenvalue weighted by Crippen LogP contribution is 2.33. The van der Waals surface area contributed by atoms with Crippen LogP contribution < -0.4 is 4.90 Å². The van der Waals surface area contributed by atoms with Gasteiger partial charge in [0.2, 0.25) is 15.9 Å². The van der Waals surface area contributed by atoms with E-state index in [4.69, 9.17) is 0 Å². The molecule has 1 aliphatic heterocycles. The summed E-state index contributed by atoms with van der Waals surface area (Å²) in [6.45, 7) is 3.60. The van der Waals surface area contributed by atoms with Crippen LogP contribution >= 0.6 is 0 Å². The Balaban J connectivity index is 1.92. The second kappa shape index (κ2) is 7.01. The number of fused-ring (bicyclic) bond motifs is 1. The molecule has 0 aromatic heterocycles. The maximum atomic E-state index is 13.5. The number of halogens is 2. The van der Waals surface area contributed by atoms with E-state index in [1.807, 2.05) is 0 Å². The smallest absolute Gasteiger partial charge is 0.243 e. The summed E-state index contributed by atoms with van der Waals surface area (Å²) >= 11 is 0. The molecule has 1 atom stereocenters. The minimum absolute atomic E-state index is 0.0894. The van der Waals surface area contributed by atoms with Crippen LogP contribution in [-0.4, -0.2) is 32.2 Å². The summed E-state index contributed by atoms with van der Waals surface area (Å²) in [4.78, 5) is 13.3. The van der Waals surface area contributed by atoms with Crippen molar-refractivity contribution < 1.29 is 22.0 Å². The van der Waals surface area contributed by atoms with Gasteiger partial charge in [-0.25, -0.2) is 17.2 Å². The molecule has 0 N–H and O–H groups in total. The number of amides is 1. The number of hydrogen-bond acceptors (Lipinski definition) is 3. The minimum atomic E-state index is -3.85. The molecule has 8 heteroatoms. The van der Waals surface area contributed by atoms with Crippen molar-refractivity contribution in [1.29, 1.82) is 0 Å². The van der Waals surface area contributed by atoms with Crippen molar-refractivity contribution in [1.82, 2.24) is 4.31 Å². The number of nitrogens with zero attached hydrogens (tertiary/aromatic N) is 2. The number of carbonyl (C=O) groups is 1. The number of rotatable bonds is 4. The molecule has 0 saturated heterocycles. The van der Waals surface area contributed by atoms with E-state index in [1.165, 1.54) is 26.1 Å². The first-order valence-corrected chi connectivity index (χ1v) is 9.91. The molecule has 0 radical (unpaired) electrons. The fourth-order valence-electron chi connectivity index (χ4n) is 3.22. The van der Waals surface area contributed by atoms with E-state index in [0.717, 1.165) is 27.7 Å². The van der Waals surface area contributed by atoms with Gasteiger partial charge in [-0.05, 0) is 54.8 Å². The van der Waals surface area contributed by atoms with Gasteiger partial charge in [-0.15, -0.1) is 0 Å². The molecular weight excluding hydrogens is 374 g/mol. The summed E-state index contributed by atoms with van der Waals surface area (Å²) in [6.07, 6.45) is 0.584. The fraction of sp³-hybridized carbons (Fsp3) is 0.316. The van der Waals surface area contributed by atoms with Crippen molar-refractivity contribution in [3.8, 4) is 0 Å². The van der Waals surface area contributed by atoms with Crippen LogP contribution in [0.4, 0.5) is 14.5 Å². The average molecular weight is 394 g/mol. The summed E-state index contributed by atoms with van der Waals surface area (Å²) in [5, 5.41) is 0. The molecule has 0 aliphatic carbocycles. The second-order valence-corrected chi connectivity index (χ2v) is 8.58. The normalized spacial score (nSPS) is 15.1. The largest absolute Gasteiger partial charge is 0.312 e. The predicted octanol–water partition coefficient (Wildman–Crippen LogP) is 3.26. The molecule has 2 aromatic carbocycles. The van der Waals surface area contributed by atoms with Crippen molar-refractivity contribution in [3.05, 3.63) is 59.2 Å². The Morgan fingerprint density at radius 2 is 1.85 bits per heavy atom. The summed E-state index contributed by atoms with van der Waals surface area (Å²) in [7, 11) is -2.46. The van der Waals surface area contributed by atoms with Crippen LogP contribution in [0.15, 0.2) is 41.3 Å². The molecule has 144 valence electrons. The average Bonchev–Trinajstić information content (AvgIpc) is 3.06. The molecule has 27 heavy (non-hydrogen) atoms. The number of benzene rings is 2. The monoisotopic (exact) mass is 394 g/mol. The standard InChI is InChI=1S/C19H20F2N2O3S/c1-12(14-4-6-17(20)18(21)11-14)22(3)27(25,26)16-5-7-19-15(10-16)8-9-23(19)13(2)24/h4-7,10-12H,8-9H2,1-3H3. The zero-order valence-electron chi connectivity index (χ0n) is 15.2. The van der Waals surface area contributed by atoms with Gasteiger partial charge in [0.15, 0.2) is 11.6 Å². The molecule has 0 bridgehead atoms. The van der Waals surface area contributed by atoms with Gasteiger partial charge < -0.3 is 4.90 Å². The Morgan fingerprint density at radius 3 is 2.48 bits per heavy atom. The maximum absolute atomic E-state index is 13.5. The lowest BCUT2D eigenvalue weighted by Gasteiger charge is -2.25. The van der Waals surface area contributed by atoms with Crippen LogP contribution in [0.3, 0.4) is 0 Å². The molecule has 0 saturated carbocycles. The summed E-state index contributed by atoms with van der Waals surface area (Å²) < 4.78 is 53.7. The molecule has 1 heterocycles. The van der Waals surface area contributed by atoms with Gasteiger partial charge >= 0.3 is 0 Å². The van der Waals surface area contributed by atoms with E-state index in [0.29, 0.717) is 18.5 Å². The summed E-state index contributed by atoms with van der Waals surface area (Å²) in [5.74, 6) is -2.09. The fourth-order valence-corrected chi connectivity index (χ4v) is 4.62. The molecule has 0 spiro atoms. The lowest BCUT2D eigenvalue weighted by atomic mass is 10.1. The molecule has 2 aromatic rings.